The minimum Gasteiger partial charge on any atom is -0.407 e. The fraction of sp³-hybridized carbons (Fsp3) is 0.188. The van der Waals surface area contributed by atoms with Crippen LogP contribution in [-0.4, -0.2) is 9.49 Å². The van der Waals surface area contributed by atoms with Gasteiger partial charge in [-0.2, -0.15) is 0 Å². The molecule has 3 aromatic rings. The molecule has 2 heterocycles. The average molecular weight is 391 g/mol. The predicted molar refractivity (Wildman–Crippen MR) is 88.8 cm³/mol. The number of hydrogen-bond donors (Lipinski definition) is 0. The summed E-state index contributed by atoms with van der Waals surface area (Å²) in [5.41, 5.74) is 1.94. The van der Waals surface area contributed by atoms with Crippen molar-refractivity contribution in [2.75, 3.05) is 0 Å². The van der Waals surface area contributed by atoms with Crippen LogP contribution >= 0.6 is 15.9 Å². The minimum absolute atomic E-state index is 0.114. The number of nitro groups is 1. The Hall–Kier alpha value is -2.45. The highest BCUT2D eigenvalue weighted by Gasteiger charge is 2.46. The lowest BCUT2D eigenvalue weighted by Gasteiger charge is -2.02. The SMILES string of the molecule is Cn1c(=O)oc2cc([N+](=O)[O-])c(C3OC3c3ccccc3Br)cc21. The summed E-state index contributed by atoms with van der Waals surface area (Å²) in [5, 5.41) is 11.4. The van der Waals surface area contributed by atoms with Crippen molar-refractivity contribution < 1.29 is 14.1 Å². The van der Waals surface area contributed by atoms with Crippen LogP contribution in [0.4, 0.5) is 5.69 Å². The molecule has 0 spiro atoms. The number of aromatic nitrogens is 1. The first-order valence-corrected chi connectivity index (χ1v) is 7.94. The van der Waals surface area contributed by atoms with Gasteiger partial charge in [-0.3, -0.25) is 14.7 Å². The van der Waals surface area contributed by atoms with Gasteiger partial charge in [0.2, 0.25) is 0 Å². The van der Waals surface area contributed by atoms with Crippen LogP contribution in [-0.2, 0) is 11.8 Å². The van der Waals surface area contributed by atoms with Gasteiger partial charge in [0.1, 0.15) is 12.2 Å². The number of halogens is 1. The Kier molecular flexibility index (Phi) is 3.33. The molecule has 1 aromatic heterocycles. The number of ether oxygens (including phenoxy) is 1. The number of hydrogen-bond acceptors (Lipinski definition) is 5. The lowest BCUT2D eigenvalue weighted by molar-refractivity contribution is -0.385. The quantitative estimate of drug-likeness (QED) is 0.387. The van der Waals surface area contributed by atoms with Gasteiger partial charge in [0, 0.05) is 11.5 Å². The van der Waals surface area contributed by atoms with Gasteiger partial charge in [-0.1, -0.05) is 34.1 Å². The third-order valence-electron chi connectivity index (χ3n) is 4.15. The second-order valence-corrected chi connectivity index (χ2v) is 6.42. The fourth-order valence-corrected chi connectivity index (χ4v) is 3.37. The molecule has 0 N–H and O–H groups in total. The van der Waals surface area contributed by atoms with E-state index in [-0.39, 0.29) is 17.4 Å². The largest absolute Gasteiger partial charge is 0.419 e. The number of aryl methyl sites for hydroxylation is 1. The van der Waals surface area contributed by atoms with Gasteiger partial charge in [0.05, 0.1) is 22.1 Å². The lowest BCUT2D eigenvalue weighted by Crippen LogP contribution is -2.08. The Labute approximate surface area is 143 Å². The first-order chi connectivity index (χ1) is 11.5. The summed E-state index contributed by atoms with van der Waals surface area (Å²) in [6.45, 7) is 0. The van der Waals surface area contributed by atoms with Gasteiger partial charge in [-0.15, -0.1) is 0 Å². The van der Waals surface area contributed by atoms with Crippen molar-refractivity contribution in [3.63, 3.8) is 0 Å². The molecular weight excluding hydrogens is 380 g/mol. The van der Waals surface area contributed by atoms with Gasteiger partial charge in [-0.25, -0.2) is 4.79 Å². The Balaban J connectivity index is 1.83. The topological polar surface area (TPSA) is 90.8 Å². The van der Waals surface area contributed by atoms with E-state index < -0.39 is 16.8 Å². The summed E-state index contributed by atoms with van der Waals surface area (Å²) >= 11 is 3.46. The van der Waals surface area contributed by atoms with Crippen molar-refractivity contribution in [1.29, 1.82) is 0 Å². The van der Waals surface area contributed by atoms with E-state index in [0.717, 1.165) is 10.0 Å². The molecule has 0 radical (unpaired) electrons. The van der Waals surface area contributed by atoms with Crippen LogP contribution in [0.3, 0.4) is 0 Å². The number of fused-ring (bicyclic) bond motifs is 1. The van der Waals surface area contributed by atoms with Crippen LogP contribution in [0, 0.1) is 10.1 Å². The number of nitrogens with zero attached hydrogens (tertiary/aromatic N) is 2. The molecule has 1 aliphatic rings. The molecule has 4 rings (SSSR count). The second-order valence-electron chi connectivity index (χ2n) is 5.56. The van der Waals surface area contributed by atoms with Crippen molar-refractivity contribution in [2.45, 2.75) is 12.2 Å². The molecule has 0 bridgehead atoms. The van der Waals surface area contributed by atoms with Crippen LogP contribution in [0.15, 0.2) is 50.1 Å². The third kappa shape index (κ3) is 2.26. The Morgan fingerprint density at radius 2 is 1.92 bits per heavy atom. The first-order valence-electron chi connectivity index (χ1n) is 7.15. The fourth-order valence-electron chi connectivity index (χ4n) is 2.86. The molecule has 1 fully saturated rings. The normalized spacial score (nSPS) is 19.6. The van der Waals surface area contributed by atoms with Gasteiger partial charge in [0.15, 0.2) is 5.58 Å². The second kappa shape index (κ2) is 5.29. The van der Waals surface area contributed by atoms with Gasteiger partial charge in [-0.05, 0) is 17.7 Å². The lowest BCUT2D eigenvalue weighted by atomic mass is 10.0. The maximum atomic E-state index is 11.6. The molecule has 1 saturated heterocycles. The molecule has 0 amide bonds. The third-order valence-corrected chi connectivity index (χ3v) is 4.87. The van der Waals surface area contributed by atoms with Crippen molar-refractivity contribution in [3.8, 4) is 0 Å². The summed E-state index contributed by atoms with van der Waals surface area (Å²) in [6.07, 6.45) is -0.695. The molecule has 2 aromatic carbocycles. The zero-order valence-corrected chi connectivity index (χ0v) is 14.0. The summed E-state index contributed by atoms with van der Waals surface area (Å²) in [6, 6.07) is 10.5. The Morgan fingerprint density at radius 3 is 2.62 bits per heavy atom. The van der Waals surface area contributed by atoms with Crippen molar-refractivity contribution in [3.05, 3.63) is 72.7 Å². The van der Waals surface area contributed by atoms with E-state index in [1.54, 1.807) is 13.1 Å². The summed E-state index contributed by atoms with van der Waals surface area (Å²) in [7, 11) is 1.56. The van der Waals surface area contributed by atoms with E-state index in [4.69, 9.17) is 9.15 Å². The van der Waals surface area contributed by atoms with E-state index in [1.165, 1.54) is 10.6 Å². The van der Waals surface area contributed by atoms with Crippen molar-refractivity contribution in [1.82, 2.24) is 4.57 Å². The summed E-state index contributed by atoms with van der Waals surface area (Å²) < 4.78 is 12.9. The smallest absolute Gasteiger partial charge is 0.407 e. The maximum absolute atomic E-state index is 11.6. The molecule has 24 heavy (non-hydrogen) atoms. The number of rotatable bonds is 3. The summed E-state index contributed by atoms with van der Waals surface area (Å²) in [5.74, 6) is -0.560. The van der Waals surface area contributed by atoms with E-state index in [0.29, 0.717) is 11.1 Å². The van der Waals surface area contributed by atoms with Crippen LogP contribution in [0.5, 0.6) is 0 Å². The van der Waals surface area contributed by atoms with E-state index in [1.807, 2.05) is 24.3 Å². The monoisotopic (exact) mass is 390 g/mol. The number of epoxide rings is 1. The summed E-state index contributed by atoms with van der Waals surface area (Å²) in [4.78, 5) is 22.6. The molecule has 8 heteroatoms. The highest BCUT2D eigenvalue weighted by molar-refractivity contribution is 9.10. The zero-order chi connectivity index (χ0) is 17.0. The van der Waals surface area contributed by atoms with Crippen LogP contribution in [0.1, 0.15) is 23.3 Å². The molecule has 7 nitrogen and oxygen atoms in total. The van der Waals surface area contributed by atoms with E-state index >= 15 is 0 Å². The molecular formula is C16H11BrN2O5. The van der Waals surface area contributed by atoms with E-state index in [2.05, 4.69) is 15.9 Å². The number of benzene rings is 2. The van der Waals surface area contributed by atoms with Crippen LogP contribution < -0.4 is 5.76 Å². The van der Waals surface area contributed by atoms with Crippen LogP contribution in [0.2, 0.25) is 0 Å². The van der Waals surface area contributed by atoms with Crippen molar-refractivity contribution >= 4 is 32.7 Å². The van der Waals surface area contributed by atoms with E-state index in [9.17, 15) is 14.9 Å². The van der Waals surface area contributed by atoms with Gasteiger partial charge in [0.25, 0.3) is 5.69 Å². The minimum atomic E-state index is -0.560. The first kappa shape index (κ1) is 15.1. The average Bonchev–Trinajstić information content (AvgIpc) is 3.29. The molecule has 122 valence electrons. The molecule has 0 saturated carbocycles. The molecule has 1 aliphatic heterocycles. The van der Waals surface area contributed by atoms with Crippen LogP contribution in [0.25, 0.3) is 11.1 Å². The molecule has 0 aliphatic carbocycles. The van der Waals surface area contributed by atoms with Gasteiger partial charge < -0.3 is 9.15 Å². The zero-order valence-electron chi connectivity index (χ0n) is 12.4. The number of nitro benzene ring substituents is 1. The molecule has 2 atom stereocenters. The highest BCUT2D eigenvalue weighted by Crippen LogP contribution is 2.55. The molecule has 2 unspecified atom stereocenters. The van der Waals surface area contributed by atoms with Gasteiger partial charge >= 0.3 is 5.76 Å². The van der Waals surface area contributed by atoms with Crippen molar-refractivity contribution in [2.24, 2.45) is 7.05 Å². The highest BCUT2D eigenvalue weighted by atomic mass is 79.9. The number of oxazole rings is 1. The Bertz CT molecular complexity index is 1040. The maximum Gasteiger partial charge on any atom is 0.419 e. The predicted octanol–water partition coefficient (Wildman–Crippen LogP) is 3.61. The standard InChI is InChI=1S/C16H11BrN2O5/c1-18-12-6-9(11(19(21)22)7-13(12)23-16(18)20)15-14(24-15)8-4-2-3-5-10(8)17/h2-7,14-15H,1H3. The Morgan fingerprint density at radius 1 is 1.21 bits per heavy atom.